The fourth-order valence-corrected chi connectivity index (χ4v) is 4.19. The third-order valence-electron chi connectivity index (χ3n) is 5.90. The number of aromatic amines is 1. The van der Waals surface area contributed by atoms with Crippen LogP contribution in [-0.2, 0) is 6.54 Å². The van der Waals surface area contributed by atoms with E-state index in [-0.39, 0.29) is 11.5 Å². The highest BCUT2D eigenvalue weighted by Gasteiger charge is 2.24. The number of H-pyrrole nitrogens is 1. The third-order valence-corrected chi connectivity index (χ3v) is 5.90. The van der Waals surface area contributed by atoms with E-state index in [9.17, 15) is 4.79 Å². The molecule has 30 heavy (non-hydrogen) atoms. The minimum Gasteiger partial charge on any atom is -0.454 e. The zero-order valence-corrected chi connectivity index (χ0v) is 16.9. The number of rotatable bonds is 4. The van der Waals surface area contributed by atoms with E-state index in [0.717, 1.165) is 49.7 Å². The van der Waals surface area contributed by atoms with Crippen molar-refractivity contribution >= 4 is 0 Å². The molecule has 0 spiro atoms. The van der Waals surface area contributed by atoms with Crippen LogP contribution in [0.4, 0.5) is 0 Å². The highest BCUT2D eigenvalue weighted by atomic mass is 16.7. The summed E-state index contributed by atoms with van der Waals surface area (Å²) < 4.78 is 11.0. The maximum atomic E-state index is 12.2. The summed E-state index contributed by atoms with van der Waals surface area (Å²) >= 11 is 0. The van der Waals surface area contributed by atoms with Crippen LogP contribution >= 0.6 is 0 Å². The Kier molecular flexibility index (Phi) is 4.96. The Hall–Kier alpha value is -3.19. The van der Waals surface area contributed by atoms with Gasteiger partial charge in [0, 0.05) is 24.7 Å². The summed E-state index contributed by atoms with van der Waals surface area (Å²) in [5.74, 6) is 2.49. The number of benzene rings is 1. The van der Waals surface area contributed by atoms with E-state index in [1.54, 1.807) is 12.3 Å². The number of likely N-dealkylation sites (tertiary alicyclic amines) is 1. The van der Waals surface area contributed by atoms with E-state index >= 15 is 0 Å². The van der Waals surface area contributed by atoms with Crippen LogP contribution in [0.5, 0.6) is 11.5 Å². The number of ether oxygens (including phenoxy) is 2. The Morgan fingerprint density at radius 1 is 1.13 bits per heavy atom. The molecule has 0 saturated carbocycles. The standard InChI is InChI=1S/C23H24N4O3/c1-15-10-20-21(30-14-29-20)11-17(15)13-27-8-5-16(6-9-27)19-12-22(28)26-23(25-19)18-4-2-3-7-24-18/h2-4,7,10-12,16H,5-6,8-9,13-14H2,1H3,(H,25,26,28). The Bertz CT molecular complexity index is 1110. The van der Waals surface area contributed by atoms with E-state index in [2.05, 4.69) is 33.9 Å². The van der Waals surface area contributed by atoms with Crippen LogP contribution in [-0.4, -0.2) is 39.7 Å². The van der Waals surface area contributed by atoms with Gasteiger partial charge in [-0.3, -0.25) is 14.7 Å². The summed E-state index contributed by atoms with van der Waals surface area (Å²) in [5, 5.41) is 0. The second-order valence-electron chi connectivity index (χ2n) is 7.92. The number of aromatic nitrogens is 3. The molecule has 154 valence electrons. The lowest BCUT2D eigenvalue weighted by Gasteiger charge is -2.32. The molecule has 2 aromatic heterocycles. The first-order valence-corrected chi connectivity index (χ1v) is 10.3. The molecule has 1 N–H and O–H groups in total. The van der Waals surface area contributed by atoms with Crippen molar-refractivity contribution in [2.45, 2.75) is 32.2 Å². The van der Waals surface area contributed by atoms with Crippen molar-refractivity contribution in [3.8, 4) is 23.0 Å². The lowest BCUT2D eigenvalue weighted by molar-refractivity contribution is 0.173. The molecule has 1 saturated heterocycles. The Morgan fingerprint density at radius 3 is 2.70 bits per heavy atom. The van der Waals surface area contributed by atoms with Gasteiger partial charge in [-0.2, -0.15) is 0 Å². The second kappa shape index (κ2) is 7.91. The molecule has 1 aromatic carbocycles. The molecule has 5 rings (SSSR count). The van der Waals surface area contributed by atoms with E-state index in [4.69, 9.17) is 14.5 Å². The van der Waals surface area contributed by atoms with Gasteiger partial charge in [0.15, 0.2) is 17.3 Å². The molecule has 0 bridgehead atoms. The molecule has 0 radical (unpaired) electrons. The molecular weight excluding hydrogens is 380 g/mol. The lowest BCUT2D eigenvalue weighted by atomic mass is 9.92. The number of pyridine rings is 1. The van der Waals surface area contributed by atoms with Crippen LogP contribution in [0, 0.1) is 6.92 Å². The van der Waals surface area contributed by atoms with Gasteiger partial charge in [0.05, 0.1) is 5.69 Å². The number of hydrogen-bond donors (Lipinski definition) is 1. The van der Waals surface area contributed by atoms with Crippen molar-refractivity contribution in [1.82, 2.24) is 19.9 Å². The minimum absolute atomic E-state index is 0.126. The van der Waals surface area contributed by atoms with E-state index in [1.165, 1.54) is 11.1 Å². The SMILES string of the molecule is Cc1cc2c(cc1CN1CCC(c3cc(=O)[nH]c(-c4ccccn4)n3)CC1)OCO2. The summed E-state index contributed by atoms with van der Waals surface area (Å²) in [4.78, 5) is 26.5. The fraction of sp³-hybridized carbons (Fsp3) is 0.348. The Morgan fingerprint density at radius 2 is 1.93 bits per heavy atom. The van der Waals surface area contributed by atoms with Gasteiger partial charge in [-0.05, 0) is 68.2 Å². The average molecular weight is 404 g/mol. The largest absolute Gasteiger partial charge is 0.454 e. The predicted molar refractivity (Wildman–Crippen MR) is 113 cm³/mol. The van der Waals surface area contributed by atoms with Crippen molar-refractivity contribution in [3.05, 3.63) is 69.8 Å². The summed E-state index contributed by atoms with van der Waals surface area (Å²) in [5.41, 5.74) is 3.91. The molecule has 0 atom stereocenters. The molecule has 0 amide bonds. The third kappa shape index (κ3) is 3.80. The Balaban J connectivity index is 1.28. The molecule has 3 aromatic rings. The van der Waals surface area contributed by atoms with Gasteiger partial charge < -0.3 is 14.5 Å². The number of fused-ring (bicyclic) bond motifs is 1. The predicted octanol–water partition coefficient (Wildman–Crippen LogP) is 3.25. The molecular formula is C23H24N4O3. The summed E-state index contributed by atoms with van der Waals surface area (Å²) in [6.07, 6.45) is 3.65. The van der Waals surface area contributed by atoms with Crippen molar-refractivity contribution in [2.75, 3.05) is 19.9 Å². The number of nitrogens with one attached hydrogen (secondary N) is 1. The minimum atomic E-state index is -0.126. The van der Waals surface area contributed by atoms with Gasteiger partial charge in [0.1, 0.15) is 5.69 Å². The maximum Gasteiger partial charge on any atom is 0.251 e. The number of hydrogen-bond acceptors (Lipinski definition) is 6. The quantitative estimate of drug-likeness (QED) is 0.719. The molecule has 1 fully saturated rings. The number of piperidine rings is 1. The van der Waals surface area contributed by atoms with Gasteiger partial charge >= 0.3 is 0 Å². The zero-order valence-electron chi connectivity index (χ0n) is 16.9. The van der Waals surface area contributed by atoms with E-state index < -0.39 is 0 Å². The van der Waals surface area contributed by atoms with Crippen molar-refractivity contribution in [1.29, 1.82) is 0 Å². The first kappa shape index (κ1) is 18.8. The molecule has 7 heteroatoms. The van der Waals surface area contributed by atoms with Gasteiger partial charge in [0.25, 0.3) is 5.56 Å². The first-order valence-electron chi connectivity index (χ1n) is 10.3. The van der Waals surface area contributed by atoms with Gasteiger partial charge in [-0.1, -0.05) is 6.07 Å². The van der Waals surface area contributed by atoms with Crippen LogP contribution in [0.3, 0.4) is 0 Å². The van der Waals surface area contributed by atoms with E-state index in [0.29, 0.717) is 18.3 Å². The van der Waals surface area contributed by atoms with Crippen molar-refractivity contribution in [2.24, 2.45) is 0 Å². The molecule has 0 unspecified atom stereocenters. The Labute approximate surface area is 174 Å². The van der Waals surface area contributed by atoms with Gasteiger partial charge in [-0.15, -0.1) is 0 Å². The van der Waals surface area contributed by atoms with Crippen molar-refractivity contribution in [3.63, 3.8) is 0 Å². The molecule has 4 heterocycles. The van der Waals surface area contributed by atoms with Crippen LogP contribution in [0.15, 0.2) is 47.4 Å². The monoisotopic (exact) mass is 404 g/mol. The van der Waals surface area contributed by atoms with Crippen LogP contribution < -0.4 is 15.0 Å². The first-order chi connectivity index (χ1) is 14.7. The summed E-state index contributed by atoms with van der Waals surface area (Å²) in [6.45, 7) is 5.23. The molecule has 2 aliphatic rings. The zero-order chi connectivity index (χ0) is 20.5. The van der Waals surface area contributed by atoms with Crippen LogP contribution in [0.2, 0.25) is 0 Å². The topological polar surface area (TPSA) is 80.3 Å². The van der Waals surface area contributed by atoms with E-state index in [1.807, 2.05) is 18.2 Å². The molecule has 2 aliphatic heterocycles. The van der Waals surface area contributed by atoms with Gasteiger partial charge in [0.2, 0.25) is 6.79 Å². The van der Waals surface area contributed by atoms with Gasteiger partial charge in [-0.25, -0.2) is 4.98 Å². The summed E-state index contributed by atoms with van der Waals surface area (Å²) in [7, 11) is 0. The fourth-order valence-electron chi connectivity index (χ4n) is 4.19. The number of nitrogens with zero attached hydrogens (tertiary/aromatic N) is 3. The number of aryl methyl sites for hydroxylation is 1. The highest BCUT2D eigenvalue weighted by Crippen LogP contribution is 2.35. The highest BCUT2D eigenvalue weighted by molar-refractivity contribution is 5.49. The van der Waals surface area contributed by atoms with Crippen LogP contribution in [0.1, 0.15) is 35.6 Å². The second-order valence-corrected chi connectivity index (χ2v) is 7.92. The molecule has 7 nitrogen and oxygen atoms in total. The summed E-state index contributed by atoms with van der Waals surface area (Å²) in [6, 6.07) is 11.4. The maximum absolute atomic E-state index is 12.2. The smallest absolute Gasteiger partial charge is 0.251 e. The average Bonchev–Trinajstić information content (AvgIpc) is 3.22. The molecule has 0 aliphatic carbocycles. The lowest BCUT2D eigenvalue weighted by Crippen LogP contribution is -2.33. The normalized spacial score (nSPS) is 16.7. The van der Waals surface area contributed by atoms with Crippen molar-refractivity contribution < 1.29 is 9.47 Å². The van der Waals surface area contributed by atoms with Crippen LogP contribution in [0.25, 0.3) is 11.5 Å².